The molecule has 0 aliphatic heterocycles. The topological polar surface area (TPSA) is 59.2 Å². The molecule has 98 valence electrons. The van der Waals surface area contributed by atoms with Crippen LogP contribution in [0.15, 0.2) is 4.52 Å². The molecular weight excluding hydrogens is 236 g/mol. The maximum atomic E-state index is 8.89. The molecule has 0 saturated heterocycles. The van der Waals surface area contributed by atoms with Gasteiger partial charge >= 0.3 is 0 Å². The lowest BCUT2D eigenvalue weighted by Gasteiger charge is -2.04. The molecule has 1 aromatic heterocycles. The summed E-state index contributed by atoms with van der Waals surface area (Å²) >= 11 is 1.72. The lowest BCUT2D eigenvalue weighted by molar-refractivity contribution is 0.250. The van der Waals surface area contributed by atoms with Gasteiger partial charge in [-0.3, -0.25) is 0 Å². The van der Waals surface area contributed by atoms with E-state index in [4.69, 9.17) is 9.63 Å². The third-order valence-electron chi connectivity index (χ3n) is 2.40. The standard InChI is InChI=1S/C12H22N2O2S/c1-9(2)4-5-11-13-12(16-14-11)8-17-7-10(3)6-15/h9-10,15H,4-8H2,1-3H3. The van der Waals surface area contributed by atoms with E-state index in [9.17, 15) is 0 Å². The van der Waals surface area contributed by atoms with E-state index in [0.717, 1.165) is 30.2 Å². The molecule has 1 aromatic rings. The Bertz CT molecular complexity index is 315. The number of aliphatic hydroxyl groups is 1. The van der Waals surface area contributed by atoms with E-state index in [2.05, 4.69) is 24.0 Å². The van der Waals surface area contributed by atoms with Crippen molar-refractivity contribution in [1.29, 1.82) is 0 Å². The van der Waals surface area contributed by atoms with E-state index < -0.39 is 0 Å². The molecule has 0 aromatic carbocycles. The Hall–Kier alpha value is -0.550. The summed E-state index contributed by atoms with van der Waals surface area (Å²) in [7, 11) is 0. The minimum atomic E-state index is 0.233. The van der Waals surface area contributed by atoms with E-state index >= 15 is 0 Å². The summed E-state index contributed by atoms with van der Waals surface area (Å²) in [6.45, 7) is 6.63. The number of hydrogen-bond acceptors (Lipinski definition) is 5. The number of thioether (sulfide) groups is 1. The van der Waals surface area contributed by atoms with Crippen molar-refractivity contribution < 1.29 is 9.63 Å². The fourth-order valence-electron chi connectivity index (χ4n) is 1.27. The zero-order valence-electron chi connectivity index (χ0n) is 10.8. The normalized spacial score (nSPS) is 13.2. The smallest absolute Gasteiger partial charge is 0.236 e. The summed E-state index contributed by atoms with van der Waals surface area (Å²) in [5.41, 5.74) is 0. The van der Waals surface area contributed by atoms with Gasteiger partial charge in [0, 0.05) is 13.0 Å². The van der Waals surface area contributed by atoms with Gasteiger partial charge in [-0.25, -0.2) is 0 Å². The Morgan fingerprint density at radius 1 is 1.35 bits per heavy atom. The zero-order valence-corrected chi connectivity index (χ0v) is 11.7. The number of hydrogen-bond donors (Lipinski definition) is 1. The van der Waals surface area contributed by atoms with Gasteiger partial charge in [0.05, 0.1) is 5.75 Å². The maximum absolute atomic E-state index is 8.89. The van der Waals surface area contributed by atoms with E-state index in [1.807, 2.05) is 6.92 Å². The van der Waals surface area contributed by atoms with E-state index in [0.29, 0.717) is 17.7 Å². The first-order chi connectivity index (χ1) is 8.11. The fraction of sp³-hybridized carbons (Fsp3) is 0.833. The van der Waals surface area contributed by atoms with Crippen LogP contribution in [0.2, 0.25) is 0 Å². The molecule has 1 unspecified atom stereocenters. The highest BCUT2D eigenvalue weighted by Gasteiger charge is 2.08. The third kappa shape index (κ3) is 6.07. The van der Waals surface area contributed by atoms with Crippen LogP contribution in [-0.4, -0.2) is 27.6 Å². The summed E-state index contributed by atoms with van der Waals surface area (Å²) in [5.74, 6) is 4.14. The largest absolute Gasteiger partial charge is 0.396 e. The van der Waals surface area contributed by atoms with Crippen molar-refractivity contribution in [2.24, 2.45) is 11.8 Å². The van der Waals surface area contributed by atoms with Crippen molar-refractivity contribution >= 4 is 11.8 Å². The van der Waals surface area contributed by atoms with Crippen LogP contribution in [0.3, 0.4) is 0 Å². The zero-order chi connectivity index (χ0) is 12.7. The van der Waals surface area contributed by atoms with Gasteiger partial charge in [0.2, 0.25) is 5.89 Å². The third-order valence-corrected chi connectivity index (χ3v) is 3.65. The van der Waals surface area contributed by atoms with Gasteiger partial charge in [-0.05, 0) is 24.0 Å². The van der Waals surface area contributed by atoms with Gasteiger partial charge < -0.3 is 9.63 Å². The Morgan fingerprint density at radius 3 is 2.76 bits per heavy atom. The van der Waals surface area contributed by atoms with Crippen LogP contribution in [0.25, 0.3) is 0 Å². The van der Waals surface area contributed by atoms with Gasteiger partial charge in [0.1, 0.15) is 0 Å². The minimum Gasteiger partial charge on any atom is -0.396 e. The van der Waals surface area contributed by atoms with Crippen LogP contribution < -0.4 is 0 Å². The highest BCUT2D eigenvalue weighted by molar-refractivity contribution is 7.98. The van der Waals surface area contributed by atoms with Crippen molar-refractivity contribution in [3.8, 4) is 0 Å². The monoisotopic (exact) mass is 258 g/mol. The SMILES string of the molecule is CC(C)CCc1noc(CSCC(C)CO)n1. The fourth-order valence-corrected chi connectivity index (χ4v) is 2.19. The lowest BCUT2D eigenvalue weighted by atomic mass is 10.1. The average Bonchev–Trinajstić information content (AvgIpc) is 2.74. The summed E-state index contributed by atoms with van der Waals surface area (Å²) in [6.07, 6.45) is 1.98. The van der Waals surface area contributed by atoms with Gasteiger partial charge in [0.15, 0.2) is 5.82 Å². The van der Waals surface area contributed by atoms with Gasteiger partial charge in [0.25, 0.3) is 0 Å². The number of aryl methyl sites for hydroxylation is 1. The van der Waals surface area contributed by atoms with Gasteiger partial charge in [-0.1, -0.05) is 25.9 Å². The van der Waals surface area contributed by atoms with Crippen LogP contribution >= 0.6 is 11.8 Å². The van der Waals surface area contributed by atoms with Crippen LogP contribution in [0.1, 0.15) is 38.9 Å². The molecule has 1 atom stereocenters. The second-order valence-corrected chi connectivity index (χ2v) is 5.87. The molecule has 1 rings (SSSR count). The van der Waals surface area contributed by atoms with E-state index in [1.165, 1.54) is 0 Å². The highest BCUT2D eigenvalue weighted by Crippen LogP contribution is 2.14. The number of aliphatic hydroxyl groups excluding tert-OH is 1. The van der Waals surface area contributed by atoms with Crippen molar-refractivity contribution in [3.05, 3.63) is 11.7 Å². The van der Waals surface area contributed by atoms with Crippen molar-refractivity contribution in [1.82, 2.24) is 10.1 Å². The first kappa shape index (κ1) is 14.5. The molecule has 4 nitrogen and oxygen atoms in total. The molecule has 0 bridgehead atoms. The second-order valence-electron chi connectivity index (χ2n) is 4.84. The molecule has 1 heterocycles. The Kier molecular flexibility index (Phi) is 6.58. The first-order valence-corrected chi connectivity index (χ1v) is 7.27. The molecule has 0 aliphatic carbocycles. The van der Waals surface area contributed by atoms with Crippen LogP contribution in [-0.2, 0) is 12.2 Å². The van der Waals surface area contributed by atoms with E-state index in [-0.39, 0.29) is 6.61 Å². The van der Waals surface area contributed by atoms with Crippen LogP contribution in [0, 0.1) is 11.8 Å². The lowest BCUT2D eigenvalue weighted by Crippen LogP contribution is -2.03. The molecular formula is C12H22N2O2S. The highest BCUT2D eigenvalue weighted by atomic mass is 32.2. The van der Waals surface area contributed by atoms with Crippen molar-refractivity contribution in [2.75, 3.05) is 12.4 Å². The molecule has 1 N–H and O–H groups in total. The Labute approximate surface area is 107 Å². The summed E-state index contributed by atoms with van der Waals surface area (Å²) < 4.78 is 5.17. The summed E-state index contributed by atoms with van der Waals surface area (Å²) in [5, 5.41) is 12.9. The molecule has 5 heteroatoms. The van der Waals surface area contributed by atoms with Crippen molar-refractivity contribution in [2.45, 2.75) is 39.4 Å². The molecule has 17 heavy (non-hydrogen) atoms. The average molecular weight is 258 g/mol. The molecule has 0 saturated carbocycles. The predicted octanol–water partition coefficient (Wildman–Crippen LogP) is 2.52. The summed E-state index contributed by atoms with van der Waals surface area (Å²) in [6, 6.07) is 0. The molecule has 0 aliphatic rings. The number of rotatable bonds is 8. The number of nitrogens with zero attached hydrogens (tertiary/aromatic N) is 2. The second kappa shape index (κ2) is 7.71. The molecule has 0 amide bonds. The minimum absolute atomic E-state index is 0.233. The van der Waals surface area contributed by atoms with Gasteiger partial charge in [-0.2, -0.15) is 16.7 Å². The molecule has 0 spiro atoms. The molecule has 0 radical (unpaired) electrons. The van der Waals surface area contributed by atoms with E-state index in [1.54, 1.807) is 11.8 Å². The summed E-state index contributed by atoms with van der Waals surface area (Å²) in [4.78, 5) is 4.34. The molecule has 0 fully saturated rings. The van der Waals surface area contributed by atoms with Gasteiger partial charge in [-0.15, -0.1) is 0 Å². The quantitative estimate of drug-likeness (QED) is 0.776. The maximum Gasteiger partial charge on any atom is 0.236 e. The number of aromatic nitrogens is 2. The van der Waals surface area contributed by atoms with Crippen LogP contribution in [0.5, 0.6) is 0 Å². The Morgan fingerprint density at radius 2 is 2.12 bits per heavy atom. The predicted molar refractivity (Wildman–Crippen MR) is 69.9 cm³/mol. The Balaban J connectivity index is 2.25. The first-order valence-electron chi connectivity index (χ1n) is 6.11. The van der Waals surface area contributed by atoms with Crippen LogP contribution in [0.4, 0.5) is 0 Å². The van der Waals surface area contributed by atoms with Crippen molar-refractivity contribution in [3.63, 3.8) is 0 Å².